The van der Waals surface area contributed by atoms with Gasteiger partial charge >= 0.3 is 6.36 Å². The molecule has 0 radical (unpaired) electrons. The Kier molecular flexibility index (Phi) is 4.22. The van der Waals surface area contributed by atoms with Crippen LogP contribution in [-0.2, 0) is 12.0 Å². The molecule has 1 N–H and O–H groups in total. The van der Waals surface area contributed by atoms with Crippen LogP contribution in [-0.4, -0.2) is 31.1 Å². The molecule has 3 heterocycles. The van der Waals surface area contributed by atoms with Crippen molar-refractivity contribution < 1.29 is 37.2 Å². The number of fused-ring (bicyclic) bond motifs is 5. The maximum atomic E-state index is 12.5. The predicted molar refractivity (Wildman–Crippen MR) is 111 cm³/mol. The second kappa shape index (κ2) is 6.95. The van der Waals surface area contributed by atoms with Crippen LogP contribution in [0.2, 0.25) is 0 Å². The van der Waals surface area contributed by atoms with Gasteiger partial charge in [-0.05, 0) is 35.4 Å². The van der Waals surface area contributed by atoms with E-state index in [4.69, 9.17) is 14.2 Å². The molecule has 2 atom stereocenters. The van der Waals surface area contributed by atoms with Gasteiger partial charge in [0.25, 0.3) is 0 Å². The van der Waals surface area contributed by atoms with E-state index >= 15 is 0 Å². The van der Waals surface area contributed by atoms with Gasteiger partial charge in [-0.1, -0.05) is 30.3 Å². The Balaban J connectivity index is 1.37. The number of ether oxygens (including phenoxy) is 4. The summed E-state index contributed by atoms with van der Waals surface area (Å²) in [4.78, 5) is 1.83. The predicted octanol–water partition coefficient (Wildman–Crippen LogP) is 4.33. The minimum atomic E-state index is -4.75. The molecule has 3 aliphatic rings. The Bertz CT molecular complexity index is 1230. The molecule has 6 nitrogen and oxygen atoms in total. The van der Waals surface area contributed by atoms with Gasteiger partial charge in [-0.25, -0.2) is 0 Å². The zero-order chi connectivity index (χ0) is 22.8. The standard InChI is InChI=1S/C24H18F3NO5/c25-24(26,27)33-15-7-5-14(6-8-15)11-28-18-4-2-1-3-16(18)23(22(28)29)12-30-19-10-21-20(9-17(19)23)31-13-32-21/h1-10,22,29H,11-13H2. The van der Waals surface area contributed by atoms with E-state index in [0.717, 1.165) is 22.4 Å². The van der Waals surface area contributed by atoms with E-state index in [1.807, 2.05) is 35.2 Å². The van der Waals surface area contributed by atoms with Crippen LogP contribution in [0.1, 0.15) is 16.7 Å². The van der Waals surface area contributed by atoms with Crippen LogP contribution in [0.25, 0.3) is 0 Å². The quantitative estimate of drug-likeness (QED) is 0.632. The van der Waals surface area contributed by atoms with Gasteiger partial charge in [-0.2, -0.15) is 0 Å². The van der Waals surface area contributed by atoms with E-state index in [2.05, 4.69) is 4.74 Å². The van der Waals surface area contributed by atoms with E-state index in [1.165, 1.54) is 12.1 Å². The number of hydrogen-bond donors (Lipinski definition) is 1. The van der Waals surface area contributed by atoms with Crippen molar-refractivity contribution in [3.05, 3.63) is 77.4 Å². The van der Waals surface area contributed by atoms with E-state index in [1.54, 1.807) is 18.2 Å². The lowest BCUT2D eigenvalue weighted by molar-refractivity contribution is -0.274. The van der Waals surface area contributed by atoms with Crippen LogP contribution in [0.4, 0.5) is 18.9 Å². The van der Waals surface area contributed by atoms with Crippen LogP contribution in [0.15, 0.2) is 60.7 Å². The first kappa shape index (κ1) is 20.0. The van der Waals surface area contributed by atoms with E-state index in [9.17, 15) is 18.3 Å². The second-order valence-corrected chi connectivity index (χ2v) is 8.17. The normalized spacial score (nSPS) is 22.3. The molecule has 0 aliphatic carbocycles. The van der Waals surface area contributed by atoms with Gasteiger partial charge < -0.3 is 29.0 Å². The minimum absolute atomic E-state index is 0.130. The third-order valence-electron chi connectivity index (χ3n) is 6.35. The Morgan fingerprint density at radius 1 is 0.939 bits per heavy atom. The third-order valence-corrected chi connectivity index (χ3v) is 6.35. The number of aliphatic hydroxyl groups is 1. The van der Waals surface area contributed by atoms with Crippen molar-refractivity contribution in [1.29, 1.82) is 0 Å². The molecule has 0 saturated carbocycles. The minimum Gasteiger partial charge on any atom is -0.492 e. The first-order valence-electron chi connectivity index (χ1n) is 10.3. The zero-order valence-corrected chi connectivity index (χ0v) is 17.1. The van der Waals surface area contributed by atoms with E-state index in [-0.39, 0.29) is 25.7 Å². The molecule has 6 rings (SSSR count). The number of alkyl halides is 3. The molecule has 2 unspecified atom stereocenters. The van der Waals surface area contributed by atoms with E-state index < -0.39 is 18.0 Å². The van der Waals surface area contributed by atoms with Gasteiger partial charge in [-0.3, -0.25) is 0 Å². The zero-order valence-electron chi connectivity index (χ0n) is 17.1. The number of halogens is 3. The summed E-state index contributed by atoms with van der Waals surface area (Å²) in [5.74, 6) is 1.54. The summed E-state index contributed by atoms with van der Waals surface area (Å²) in [6.45, 7) is 0.648. The SMILES string of the molecule is OC1N(Cc2ccc(OC(F)(F)F)cc2)c2ccccc2C12COc1cc3c(cc12)OCO3. The number of anilines is 1. The summed E-state index contributed by atoms with van der Waals surface area (Å²) in [6, 6.07) is 16.9. The lowest BCUT2D eigenvalue weighted by atomic mass is 9.76. The van der Waals surface area contributed by atoms with Gasteiger partial charge in [0.05, 0.1) is 0 Å². The molecule has 170 valence electrons. The fourth-order valence-corrected chi connectivity index (χ4v) is 4.90. The van der Waals surface area contributed by atoms with Gasteiger partial charge in [0, 0.05) is 23.9 Å². The third kappa shape index (κ3) is 3.06. The fourth-order valence-electron chi connectivity index (χ4n) is 4.90. The Morgan fingerprint density at radius 3 is 2.42 bits per heavy atom. The van der Waals surface area contributed by atoms with Crippen molar-refractivity contribution in [3.8, 4) is 23.0 Å². The van der Waals surface area contributed by atoms with Gasteiger partial charge in [0.15, 0.2) is 11.5 Å². The summed E-state index contributed by atoms with van der Waals surface area (Å²) in [6.07, 6.45) is -5.72. The maximum absolute atomic E-state index is 12.5. The molecule has 3 aliphatic heterocycles. The van der Waals surface area contributed by atoms with Crippen molar-refractivity contribution >= 4 is 5.69 Å². The number of para-hydroxylation sites is 1. The van der Waals surface area contributed by atoms with Gasteiger partial charge in [-0.15, -0.1) is 13.2 Å². The average Bonchev–Trinajstić information content (AvgIpc) is 3.45. The second-order valence-electron chi connectivity index (χ2n) is 8.17. The Morgan fingerprint density at radius 2 is 1.67 bits per heavy atom. The van der Waals surface area contributed by atoms with Crippen molar-refractivity contribution in [3.63, 3.8) is 0 Å². The van der Waals surface area contributed by atoms with Crippen LogP contribution >= 0.6 is 0 Å². The van der Waals surface area contributed by atoms with Gasteiger partial charge in [0.2, 0.25) is 6.79 Å². The first-order valence-corrected chi connectivity index (χ1v) is 10.3. The Hall–Kier alpha value is -3.59. The monoisotopic (exact) mass is 457 g/mol. The summed E-state index contributed by atoms with van der Waals surface area (Å²) in [7, 11) is 0. The fraction of sp³-hybridized carbons (Fsp3) is 0.250. The molecule has 3 aromatic carbocycles. The van der Waals surface area contributed by atoms with Crippen molar-refractivity contribution in [2.45, 2.75) is 24.6 Å². The van der Waals surface area contributed by atoms with Crippen LogP contribution in [0.3, 0.4) is 0 Å². The van der Waals surface area contributed by atoms with Crippen LogP contribution in [0.5, 0.6) is 23.0 Å². The molecule has 33 heavy (non-hydrogen) atoms. The smallest absolute Gasteiger partial charge is 0.492 e. The molecular formula is C24H18F3NO5. The molecule has 9 heteroatoms. The molecule has 0 fully saturated rings. The van der Waals surface area contributed by atoms with Crippen molar-refractivity contribution in [1.82, 2.24) is 0 Å². The first-order chi connectivity index (χ1) is 15.8. The molecule has 0 saturated heterocycles. The highest BCUT2D eigenvalue weighted by molar-refractivity contribution is 5.71. The number of hydrogen-bond acceptors (Lipinski definition) is 6. The lowest BCUT2D eigenvalue weighted by Crippen LogP contribution is -2.46. The molecule has 1 spiro atoms. The summed E-state index contributed by atoms with van der Waals surface area (Å²) >= 11 is 0. The van der Waals surface area contributed by atoms with E-state index in [0.29, 0.717) is 17.2 Å². The molecule has 0 bridgehead atoms. The average molecular weight is 457 g/mol. The summed E-state index contributed by atoms with van der Waals surface area (Å²) in [5.41, 5.74) is 2.43. The van der Waals surface area contributed by atoms with Crippen molar-refractivity contribution in [2.24, 2.45) is 0 Å². The topological polar surface area (TPSA) is 60.4 Å². The van der Waals surface area contributed by atoms with Gasteiger partial charge in [0.1, 0.15) is 29.7 Å². The number of aliphatic hydroxyl groups excluding tert-OH is 1. The highest BCUT2D eigenvalue weighted by Crippen LogP contribution is 2.56. The molecule has 3 aromatic rings. The molecule has 0 amide bonds. The number of rotatable bonds is 3. The lowest BCUT2D eigenvalue weighted by Gasteiger charge is -2.32. The Labute approximate surface area is 186 Å². The van der Waals surface area contributed by atoms with Crippen LogP contribution < -0.4 is 23.8 Å². The number of benzene rings is 3. The highest BCUT2D eigenvalue weighted by Gasteiger charge is 2.56. The number of nitrogens with zero attached hydrogens (tertiary/aromatic N) is 1. The van der Waals surface area contributed by atoms with Crippen molar-refractivity contribution in [2.75, 3.05) is 18.3 Å². The largest absolute Gasteiger partial charge is 0.573 e. The molecule has 0 aromatic heterocycles. The maximum Gasteiger partial charge on any atom is 0.573 e. The highest BCUT2D eigenvalue weighted by atomic mass is 19.4. The summed E-state index contributed by atoms with van der Waals surface area (Å²) < 4.78 is 58.4. The molecular weight excluding hydrogens is 439 g/mol. The van der Waals surface area contributed by atoms with Crippen LogP contribution in [0, 0.1) is 0 Å². The summed E-state index contributed by atoms with van der Waals surface area (Å²) in [5, 5.41) is 11.6.